The van der Waals surface area contributed by atoms with Crippen molar-refractivity contribution in [3.63, 3.8) is 0 Å². The third-order valence-electron chi connectivity index (χ3n) is 5.95. The molecule has 1 saturated heterocycles. The van der Waals surface area contributed by atoms with E-state index in [1.54, 1.807) is 12.1 Å². The van der Waals surface area contributed by atoms with E-state index in [1.165, 1.54) is 10.4 Å². The summed E-state index contributed by atoms with van der Waals surface area (Å²) >= 11 is 0. The van der Waals surface area contributed by atoms with Crippen molar-refractivity contribution in [2.45, 2.75) is 56.4 Å². The molecule has 2 N–H and O–H groups in total. The van der Waals surface area contributed by atoms with Crippen molar-refractivity contribution in [2.75, 3.05) is 32.8 Å². The Bertz CT molecular complexity index is 805. The van der Waals surface area contributed by atoms with Gasteiger partial charge < -0.3 is 15.2 Å². The molecule has 8 heteroatoms. The summed E-state index contributed by atoms with van der Waals surface area (Å²) in [5, 5.41) is 12.8. The van der Waals surface area contributed by atoms with Gasteiger partial charge in [0.25, 0.3) is 5.91 Å². The first-order chi connectivity index (χ1) is 13.9. The summed E-state index contributed by atoms with van der Waals surface area (Å²) in [6.45, 7) is 3.85. The van der Waals surface area contributed by atoms with E-state index in [0.717, 1.165) is 32.1 Å². The van der Waals surface area contributed by atoms with Crippen molar-refractivity contribution in [2.24, 2.45) is 5.92 Å². The maximum Gasteiger partial charge on any atom is 0.251 e. The van der Waals surface area contributed by atoms with Crippen LogP contribution in [-0.4, -0.2) is 62.7 Å². The number of hydrogen-bond acceptors (Lipinski definition) is 5. The molecule has 162 valence electrons. The Hall–Kier alpha value is -1.48. The predicted octanol–water partition coefficient (Wildman–Crippen LogP) is 1.94. The molecule has 1 saturated carbocycles. The average Bonchev–Trinajstić information content (AvgIpc) is 3.15. The molecule has 0 unspecified atom stereocenters. The molecule has 0 spiro atoms. The standard InChI is InChI=1S/C21H32N2O5S/c1-2-16-8-9-18(15-20(16)29(26,27)23-11-13-28-14-12-23)21(25)22-10-4-6-17-5-3-7-19(17)24/h8-9,15,17,19,24H,2-7,10-14H2,1H3,(H,22,25)/t17-,19-/m0/s1. The Morgan fingerprint density at radius 1 is 1.28 bits per heavy atom. The van der Waals surface area contributed by atoms with Crippen LogP contribution in [0.2, 0.25) is 0 Å². The Morgan fingerprint density at radius 3 is 2.69 bits per heavy atom. The number of nitrogens with one attached hydrogen (secondary N) is 1. The summed E-state index contributed by atoms with van der Waals surface area (Å²) in [6.07, 6.45) is 5.07. The van der Waals surface area contributed by atoms with E-state index >= 15 is 0 Å². The topological polar surface area (TPSA) is 95.9 Å². The molecule has 2 aliphatic rings. The van der Waals surface area contributed by atoms with Gasteiger partial charge in [-0.15, -0.1) is 0 Å². The highest BCUT2D eigenvalue weighted by Crippen LogP contribution is 2.29. The quantitative estimate of drug-likeness (QED) is 0.622. The molecule has 1 aliphatic carbocycles. The lowest BCUT2D eigenvalue weighted by Crippen LogP contribution is -2.41. The molecule has 3 rings (SSSR count). The van der Waals surface area contributed by atoms with Gasteiger partial charge in [-0.1, -0.05) is 19.4 Å². The number of carbonyl (C=O) groups excluding carboxylic acids is 1. The molecular formula is C21H32N2O5S. The lowest BCUT2D eigenvalue weighted by Gasteiger charge is -2.27. The summed E-state index contributed by atoms with van der Waals surface area (Å²) in [5.74, 6) is 0.0686. The number of amides is 1. The van der Waals surface area contributed by atoms with E-state index < -0.39 is 10.0 Å². The van der Waals surface area contributed by atoms with Crippen LogP contribution in [0.15, 0.2) is 23.1 Å². The lowest BCUT2D eigenvalue weighted by molar-refractivity contribution is 0.0730. The number of aryl methyl sites for hydroxylation is 1. The van der Waals surface area contributed by atoms with Crippen LogP contribution in [0.1, 0.15) is 54.9 Å². The minimum Gasteiger partial charge on any atom is -0.393 e. The number of morpholine rings is 1. The zero-order valence-corrected chi connectivity index (χ0v) is 17.9. The number of nitrogens with zero attached hydrogens (tertiary/aromatic N) is 1. The van der Waals surface area contributed by atoms with Crippen molar-refractivity contribution in [3.05, 3.63) is 29.3 Å². The van der Waals surface area contributed by atoms with Crippen LogP contribution in [0, 0.1) is 5.92 Å². The van der Waals surface area contributed by atoms with Crippen molar-refractivity contribution >= 4 is 15.9 Å². The first-order valence-corrected chi connectivity index (χ1v) is 12.0. The molecule has 1 aromatic carbocycles. The van der Waals surface area contributed by atoms with Crippen LogP contribution in [0.5, 0.6) is 0 Å². The highest BCUT2D eigenvalue weighted by molar-refractivity contribution is 7.89. The molecule has 29 heavy (non-hydrogen) atoms. The van der Waals surface area contributed by atoms with E-state index in [9.17, 15) is 18.3 Å². The third-order valence-corrected chi connectivity index (χ3v) is 7.94. The van der Waals surface area contributed by atoms with Crippen molar-refractivity contribution < 1.29 is 23.1 Å². The van der Waals surface area contributed by atoms with Gasteiger partial charge in [-0.3, -0.25) is 4.79 Å². The summed E-state index contributed by atoms with van der Waals surface area (Å²) in [5.41, 5.74) is 1.07. The molecule has 7 nitrogen and oxygen atoms in total. The minimum atomic E-state index is -3.66. The van der Waals surface area contributed by atoms with E-state index in [-0.39, 0.29) is 16.9 Å². The second-order valence-corrected chi connectivity index (χ2v) is 9.76. The SMILES string of the molecule is CCc1ccc(C(=O)NCCC[C@@H]2CCC[C@@H]2O)cc1S(=O)(=O)N1CCOCC1. The number of benzene rings is 1. The number of ether oxygens (including phenoxy) is 1. The molecule has 1 aliphatic heterocycles. The number of aliphatic hydroxyl groups is 1. The van der Waals surface area contributed by atoms with Crippen LogP contribution in [0.3, 0.4) is 0 Å². The Labute approximate surface area is 173 Å². The van der Waals surface area contributed by atoms with Gasteiger partial charge in [-0.2, -0.15) is 4.31 Å². The molecule has 0 aromatic heterocycles. The monoisotopic (exact) mass is 424 g/mol. The van der Waals surface area contributed by atoms with E-state index in [1.807, 2.05) is 6.92 Å². The Kier molecular flexibility index (Phi) is 7.67. The number of aliphatic hydroxyl groups excluding tert-OH is 1. The molecule has 2 atom stereocenters. The largest absolute Gasteiger partial charge is 0.393 e. The van der Waals surface area contributed by atoms with Gasteiger partial charge in [-0.25, -0.2) is 8.42 Å². The van der Waals surface area contributed by atoms with Gasteiger partial charge in [0.15, 0.2) is 0 Å². The maximum atomic E-state index is 13.1. The van der Waals surface area contributed by atoms with Gasteiger partial charge >= 0.3 is 0 Å². The molecule has 1 aromatic rings. The van der Waals surface area contributed by atoms with Crippen LogP contribution in [-0.2, 0) is 21.2 Å². The summed E-state index contributed by atoms with van der Waals surface area (Å²) < 4.78 is 32.9. The fraction of sp³-hybridized carbons (Fsp3) is 0.667. The van der Waals surface area contributed by atoms with Crippen LogP contribution in [0.25, 0.3) is 0 Å². The fourth-order valence-corrected chi connectivity index (χ4v) is 5.90. The Balaban J connectivity index is 1.65. The zero-order chi connectivity index (χ0) is 20.9. The van der Waals surface area contributed by atoms with Crippen molar-refractivity contribution in [1.82, 2.24) is 9.62 Å². The van der Waals surface area contributed by atoms with E-state index in [4.69, 9.17) is 4.74 Å². The highest BCUT2D eigenvalue weighted by atomic mass is 32.2. The summed E-state index contributed by atoms with van der Waals surface area (Å²) in [7, 11) is -3.66. The minimum absolute atomic E-state index is 0.208. The van der Waals surface area contributed by atoms with Gasteiger partial charge in [0, 0.05) is 25.2 Å². The van der Waals surface area contributed by atoms with Crippen LogP contribution >= 0.6 is 0 Å². The first kappa shape index (κ1) is 22.2. The number of sulfonamides is 1. The van der Waals surface area contributed by atoms with Gasteiger partial charge in [0.1, 0.15) is 0 Å². The fourth-order valence-electron chi connectivity index (χ4n) is 4.18. The van der Waals surface area contributed by atoms with E-state index in [2.05, 4.69) is 5.32 Å². The Morgan fingerprint density at radius 2 is 2.03 bits per heavy atom. The summed E-state index contributed by atoms with van der Waals surface area (Å²) in [4.78, 5) is 12.8. The maximum absolute atomic E-state index is 13.1. The first-order valence-electron chi connectivity index (χ1n) is 10.6. The lowest BCUT2D eigenvalue weighted by atomic mass is 10.00. The van der Waals surface area contributed by atoms with Crippen molar-refractivity contribution in [1.29, 1.82) is 0 Å². The van der Waals surface area contributed by atoms with Gasteiger partial charge in [0.05, 0.1) is 24.2 Å². The molecular weight excluding hydrogens is 392 g/mol. The second kappa shape index (κ2) is 10.0. The molecule has 0 bridgehead atoms. The number of carbonyl (C=O) groups is 1. The third kappa shape index (κ3) is 5.36. The molecule has 0 radical (unpaired) electrons. The molecule has 1 amide bonds. The normalized spacial score (nSPS) is 23.2. The van der Waals surface area contributed by atoms with Crippen LogP contribution < -0.4 is 5.32 Å². The predicted molar refractivity (Wildman–Crippen MR) is 110 cm³/mol. The number of hydrogen-bond donors (Lipinski definition) is 2. The molecule has 2 fully saturated rings. The molecule has 1 heterocycles. The zero-order valence-electron chi connectivity index (χ0n) is 17.1. The van der Waals surface area contributed by atoms with Crippen molar-refractivity contribution in [3.8, 4) is 0 Å². The van der Waals surface area contributed by atoms with Crippen LogP contribution in [0.4, 0.5) is 0 Å². The number of rotatable bonds is 8. The summed E-state index contributed by atoms with van der Waals surface area (Å²) in [6, 6.07) is 4.92. The van der Waals surface area contributed by atoms with E-state index in [0.29, 0.717) is 56.3 Å². The van der Waals surface area contributed by atoms with Gasteiger partial charge in [-0.05, 0) is 55.7 Å². The second-order valence-electron chi connectivity index (χ2n) is 7.85. The average molecular weight is 425 g/mol. The smallest absolute Gasteiger partial charge is 0.251 e. The highest BCUT2D eigenvalue weighted by Gasteiger charge is 2.29. The van der Waals surface area contributed by atoms with Gasteiger partial charge in [0.2, 0.25) is 10.0 Å².